The van der Waals surface area contributed by atoms with E-state index >= 15 is 0 Å². The van der Waals surface area contributed by atoms with Crippen LogP contribution in [0.5, 0.6) is 0 Å². The van der Waals surface area contributed by atoms with Gasteiger partial charge in [0.1, 0.15) is 6.04 Å². The first kappa shape index (κ1) is 26.0. The van der Waals surface area contributed by atoms with Gasteiger partial charge >= 0.3 is 0 Å². The van der Waals surface area contributed by atoms with E-state index in [4.69, 9.17) is 0 Å². The molecule has 1 fully saturated rings. The Morgan fingerprint density at radius 3 is 1.97 bits per heavy atom. The van der Waals surface area contributed by atoms with Crippen molar-refractivity contribution in [2.45, 2.75) is 62.9 Å². The molecule has 4 rings (SSSR count). The summed E-state index contributed by atoms with van der Waals surface area (Å²) < 4.78 is 0. The van der Waals surface area contributed by atoms with Crippen LogP contribution in [0.2, 0.25) is 0 Å². The zero-order chi connectivity index (χ0) is 25.0. The van der Waals surface area contributed by atoms with Gasteiger partial charge in [0.05, 0.1) is 0 Å². The van der Waals surface area contributed by atoms with Crippen molar-refractivity contribution in [2.24, 2.45) is 0 Å². The number of carbonyl (C=O) groups is 2. The van der Waals surface area contributed by atoms with E-state index in [9.17, 15) is 9.59 Å². The largest absolute Gasteiger partial charge is 0.352 e. The van der Waals surface area contributed by atoms with Gasteiger partial charge in [0.15, 0.2) is 0 Å². The molecule has 1 atom stereocenters. The van der Waals surface area contributed by atoms with Crippen LogP contribution in [0.15, 0.2) is 91.0 Å². The molecule has 1 aliphatic carbocycles. The summed E-state index contributed by atoms with van der Waals surface area (Å²) in [6, 6.07) is 30.0. The van der Waals surface area contributed by atoms with E-state index in [0.717, 1.165) is 48.3 Å². The molecule has 0 bridgehead atoms. The van der Waals surface area contributed by atoms with Crippen molar-refractivity contribution in [3.8, 4) is 0 Å². The summed E-state index contributed by atoms with van der Waals surface area (Å²) in [6.45, 7) is 0.429. The van der Waals surface area contributed by atoms with Crippen LogP contribution in [0, 0.1) is 0 Å². The molecule has 2 amide bonds. The van der Waals surface area contributed by atoms with E-state index in [1.54, 1.807) is 11.8 Å². The van der Waals surface area contributed by atoms with Gasteiger partial charge in [-0.15, -0.1) is 0 Å². The fourth-order valence-corrected chi connectivity index (χ4v) is 5.66. The van der Waals surface area contributed by atoms with Gasteiger partial charge in [0.25, 0.3) is 0 Å². The molecular weight excluding hydrogens is 464 g/mol. The highest BCUT2D eigenvalue weighted by Crippen LogP contribution is 2.21. The van der Waals surface area contributed by atoms with Crippen LogP contribution in [0.1, 0.15) is 48.8 Å². The third kappa shape index (κ3) is 7.99. The Kier molecular flexibility index (Phi) is 10.0. The van der Waals surface area contributed by atoms with Gasteiger partial charge in [-0.05, 0) is 29.5 Å². The van der Waals surface area contributed by atoms with Gasteiger partial charge in [-0.3, -0.25) is 9.59 Å². The highest BCUT2D eigenvalue weighted by molar-refractivity contribution is 7.98. The average Bonchev–Trinajstić information content (AvgIpc) is 3.43. The van der Waals surface area contributed by atoms with Gasteiger partial charge in [-0.1, -0.05) is 104 Å². The Balaban J connectivity index is 1.50. The fraction of sp³-hybridized carbons (Fsp3) is 0.355. The normalized spacial score (nSPS) is 14.3. The highest BCUT2D eigenvalue weighted by atomic mass is 32.2. The van der Waals surface area contributed by atoms with Crippen molar-refractivity contribution >= 4 is 23.6 Å². The number of rotatable bonds is 12. The first-order valence-corrected chi connectivity index (χ1v) is 14.1. The van der Waals surface area contributed by atoms with Gasteiger partial charge in [-0.25, -0.2) is 0 Å². The maximum atomic E-state index is 13.7. The Morgan fingerprint density at radius 1 is 0.806 bits per heavy atom. The number of nitrogens with zero attached hydrogens (tertiary/aromatic N) is 1. The first-order chi connectivity index (χ1) is 17.7. The second-order valence-electron chi connectivity index (χ2n) is 9.49. The number of thioether (sulfide) groups is 1. The SMILES string of the molecule is O=C(NC1CCCC1)[C@@H](Cc1ccccc1)N(Cc1ccccc1)C(=O)CCSCc1ccccc1. The van der Waals surface area contributed by atoms with E-state index in [0.29, 0.717) is 19.4 Å². The summed E-state index contributed by atoms with van der Waals surface area (Å²) in [4.78, 5) is 29.1. The second-order valence-corrected chi connectivity index (χ2v) is 10.6. The molecule has 3 aromatic rings. The molecule has 0 spiro atoms. The summed E-state index contributed by atoms with van der Waals surface area (Å²) in [5.74, 6) is 1.60. The average molecular weight is 501 g/mol. The minimum Gasteiger partial charge on any atom is -0.352 e. The topological polar surface area (TPSA) is 49.4 Å². The molecule has 0 aromatic heterocycles. The van der Waals surface area contributed by atoms with Crippen molar-refractivity contribution < 1.29 is 9.59 Å². The van der Waals surface area contributed by atoms with Gasteiger partial charge < -0.3 is 10.2 Å². The minimum absolute atomic E-state index is 0.0296. The number of amides is 2. The lowest BCUT2D eigenvalue weighted by Crippen LogP contribution is -2.52. The summed E-state index contributed by atoms with van der Waals surface area (Å²) in [5.41, 5.74) is 3.36. The number of hydrogen-bond acceptors (Lipinski definition) is 3. The number of nitrogens with one attached hydrogen (secondary N) is 1. The fourth-order valence-electron chi connectivity index (χ4n) is 4.77. The minimum atomic E-state index is -0.542. The second kappa shape index (κ2) is 13.9. The molecule has 1 saturated carbocycles. The van der Waals surface area contributed by atoms with Gasteiger partial charge in [0.2, 0.25) is 11.8 Å². The lowest BCUT2D eigenvalue weighted by atomic mass is 10.0. The third-order valence-electron chi connectivity index (χ3n) is 6.74. The maximum Gasteiger partial charge on any atom is 0.243 e. The summed E-state index contributed by atoms with van der Waals surface area (Å²) in [5, 5.41) is 3.27. The van der Waals surface area contributed by atoms with Crippen LogP contribution in [0.3, 0.4) is 0 Å². The standard InChI is InChI=1S/C31H36N2O2S/c34-30(20-21-36-24-27-16-8-3-9-17-27)33(23-26-14-6-2-7-15-26)29(22-25-12-4-1-5-13-25)31(35)32-28-18-10-11-19-28/h1-9,12-17,28-29H,10-11,18-24H2,(H,32,35)/t29-/m1/s1. The zero-order valence-electron chi connectivity index (χ0n) is 20.9. The van der Waals surface area contributed by atoms with Crippen LogP contribution < -0.4 is 5.32 Å². The molecule has 5 heteroatoms. The van der Waals surface area contributed by atoms with Crippen molar-refractivity contribution in [3.63, 3.8) is 0 Å². The van der Waals surface area contributed by atoms with Crippen LogP contribution in [-0.2, 0) is 28.3 Å². The lowest BCUT2D eigenvalue weighted by molar-refractivity contribution is -0.141. The molecule has 0 unspecified atom stereocenters. The monoisotopic (exact) mass is 500 g/mol. The molecule has 4 nitrogen and oxygen atoms in total. The number of carbonyl (C=O) groups excluding carboxylic acids is 2. The number of hydrogen-bond donors (Lipinski definition) is 1. The van der Waals surface area contributed by atoms with Crippen molar-refractivity contribution in [2.75, 3.05) is 5.75 Å². The third-order valence-corrected chi connectivity index (χ3v) is 7.77. The molecule has 188 valence electrons. The lowest BCUT2D eigenvalue weighted by Gasteiger charge is -2.32. The molecule has 0 saturated heterocycles. The number of benzene rings is 3. The van der Waals surface area contributed by atoms with Gasteiger partial charge in [-0.2, -0.15) is 11.8 Å². The highest BCUT2D eigenvalue weighted by Gasteiger charge is 2.31. The van der Waals surface area contributed by atoms with E-state index < -0.39 is 6.04 Å². The Morgan fingerprint density at radius 2 is 1.36 bits per heavy atom. The molecule has 36 heavy (non-hydrogen) atoms. The van der Waals surface area contributed by atoms with Crippen LogP contribution in [0.25, 0.3) is 0 Å². The Hall–Kier alpha value is -3.05. The van der Waals surface area contributed by atoms with E-state index in [2.05, 4.69) is 17.4 Å². The van der Waals surface area contributed by atoms with Crippen LogP contribution in [0.4, 0.5) is 0 Å². The van der Waals surface area contributed by atoms with E-state index in [1.165, 1.54) is 5.56 Å². The quantitative estimate of drug-likeness (QED) is 0.310. The smallest absolute Gasteiger partial charge is 0.243 e. The molecule has 1 aliphatic rings. The van der Waals surface area contributed by atoms with E-state index in [-0.39, 0.29) is 17.9 Å². The maximum absolute atomic E-state index is 13.7. The predicted octanol–water partition coefficient (Wildman–Crippen LogP) is 6.01. The van der Waals surface area contributed by atoms with E-state index in [1.807, 2.05) is 83.8 Å². The molecule has 0 aliphatic heterocycles. The van der Waals surface area contributed by atoms with Crippen molar-refractivity contribution in [1.82, 2.24) is 10.2 Å². The molecule has 0 radical (unpaired) electrons. The summed E-state index contributed by atoms with van der Waals surface area (Å²) in [7, 11) is 0. The summed E-state index contributed by atoms with van der Waals surface area (Å²) >= 11 is 1.76. The molecule has 0 heterocycles. The molecule has 3 aromatic carbocycles. The summed E-state index contributed by atoms with van der Waals surface area (Å²) in [6.07, 6.45) is 5.26. The zero-order valence-corrected chi connectivity index (χ0v) is 21.7. The van der Waals surface area contributed by atoms with Crippen LogP contribution in [-0.4, -0.2) is 34.6 Å². The predicted molar refractivity (Wildman–Crippen MR) is 149 cm³/mol. The first-order valence-electron chi connectivity index (χ1n) is 13.0. The molecular formula is C31H36N2O2S. The Labute approximate surface area is 219 Å². The molecule has 1 N–H and O–H groups in total. The van der Waals surface area contributed by atoms with Gasteiger partial charge in [0, 0.05) is 36.9 Å². The van der Waals surface area contributed by atoms with Crippen molar-refractivity contribution in [3.05, 3.63) is 108 Å². The van der Waals surface area contributed by atoms with Crippen LogP contribution >= 0.6 is 11.8 Å². The Bertz CT molecular complexity index is 1070. The van der Waals surface area contributed by atoms with Crippen molar-refractivity contribution in [1.29, 1.82) is 0 Å².